The summed E-state index contributed by atoms with van der Waals surface area (Å²) >= 11 is 0. The molecule has 0 spiro atoms. The maximum absolute atomic E-state index is 11.4. The van der Waals surface area contributed by atoms with Gasteiger partial charge in [0.2, 0.25) is 0 Å². The summed E-state index contributed by atoms with van der Waals surface area (Å²) in [7, 11) is 0. The van der Waals surface area contributed by atoms with Crippen LogP contribution >= 0.6 is 0 Å². The zero-order valence-corrected chi connectivity index (χ0v) is 18.0. The van der Waals surface area contributed by atoms with Gasteiger partial charge in [0.05, 0.1) is 6.61 Å². The zero-order valence-electron chi connectivity index (χ0n) is 18.0. The number of nitrogens with zero attached hydrogens (tertiary/aromatic N) is 2. The van der Waals surface area contributed by atoms with Crippen LogP contribution in [0.5, 0.6) is 0 Å². The molecule has 0 radical (unpaired) electrons. The van der Waals surface area contributed by atoms with Gasteiger partial charge in [-0.3, -0.25) is 4.79 Å². The monoisotopic (exact) mass is 429 g/mol. The first kappa shape index (κ1) is 21.8. The fourth-order valence-corrected chi connectivity index (χ4v) is 3.62. The van der Waals surface area contributed by atoms with E-state index >= 15 is 0 Å². The molecule has 2 heterocycles. The number of rotatable bonds is 7. The third-order valence-electron chi connectivity index (χ3n) is 5.54. The van der Waals surface area contributed by atoms with Gasteiger partial charge in [-0.2, -0.15) is 0 Å². The minimum atomic E-state index is -0.455. The second kappa shape index (κ2) is 10.8. The lowest BCUT2D eigenvalue weighted by molar-refractivity contribution is 0.160. The predicted octanol–water partition coefficient (Wildman–Crippen LogP) is 2.93. The number of aromatic nitrogens is 2. The summed E-state index contributed by atoms with van der Waals surface area (Å²) in [4.78, 5) is 15.5. The first-order valence-corrected chi connectivity index (χ1v) is 10.9. The highest BCUT2D eigenvalue weighted by Gasteiger charge is 2.14. The van der Waals surface area contributed by atoms with Gasteiger partial charge in [-0.25, -0.2) is 4.98 Å². The van der Waals surface area contributed by atoms with Crippen molar-refractivity contribution in [3.8, 4) is 11.8 Å². The van der Waals surface area contributed by atoms with E-state index in [1.807, 2.05) is 12.1 Å². The number of benzene rings is 2. The maximum atomic E-state index is 11.4. The normalized spacial score (nSPS) is 15.3. The predicted molar refractivity (Wildman–Crippen MR) is 123 cm³/mol. The number of aryl methyl sites for hydroxylation is 2. The third kappa shape index (κ3) is 6.07. The molecular weight excluding hydrogens is 402 g/mol. The van der Waals surface area contributed by atoms with Crippen molar-refractivity contribution < 1.29 is 9.94 Å². The first-order valence-electron chi connectivity index (χ1n) is 10.9. The molecule has 6 nitrogen and oxygen atoms in total. The van der Waals surface area contributed by atoms with Crippen LogP contribution in [0.2, 0.25) is 0 Å². The highest BCUT2D eigenvalue weighted by atomic mass is 16.5. The molecule has 1 aliphatic rings. The topological polar surface area (TPSA) is 76.4 Å². The maximum Gasteiger partial charge on any atom is 0.286 e. The van der Waals surface area contributed by atoms with E-state index in [2.05, 4.69) is 58.5 Å². The van der Waals surface area contributed by atoms with E-state index in [1.165, 1.54) is 23.4 Å². The molecule has 3 aromatic rings. The largest absolute Gasteiger partial charge is 0.424 e. The smallest absolute Gasteiger partial charge is 0.286 e. The van der Waals surface area contributed by atoms with Gasteiger partial charge in [-0.15, -0.1) is 4.73 Å². The summed E-state index contributed by atoms with van der Waals surface area (Å²) in [6.07, 6.45) is 4.66. The van der Waals surface area contributed by atoms with Crippen molar-refractivity contribution in [1.29, 1.82) is 0 Å². The van der Waals surface area contributed by atoms with Crippen LogP contribution in [0.4, 0.5) is 0 Å². The van der Waals surface area contributed by atoms with Crippen LogP contribution in [-0.4, -0.2) is 34.2 Å². The van der Waals surface area contributed by atoms with Crippen molar-refractivity contribution in [1.82, 2.24) is 15.0 Å². The number of hydrogen-bond acceptors (Lipinski definition) is 5. The standard InChI is InChI=1S/C26H27N3O3/c30-26-14-16-27-25(29(26)31)3-1-2-20-4-6-21(7-5-20)8-9-22-10-12-23(13-11-22)18-28-24-15-17-32-19-24/h4-7,10-14,16,24,28,31H,1-3,15,17-19H2/t24-/m0/s1. The van der Waals surface area contributed by atoms with Crippen LogP contribution in [0.25, 0.3) is 0 Å². The molecule has 0 aliphatic carbocycles. The van der Waals surface area contributed by atoms with E-state index in [1.54, 1.807) is 0 Å². The molecule has 0 amide bonds. The van der Waals surface area contributed by atoms with Crippen LogP contribution in [0, 0.1) is 11.8 Å². The van der Waals surface area contributed by atoms with E-state index in [0.717, 1.165) is 50.1 Å². The Morgan fingerprint density at radius 1 is 1.00 bits per heavy atom. The van der Waals surface area contributed by atoms with Gasteiger partial charge in [0, 0.05) is 49.0 Å². The Morgan fingerprint density at radius 2 is 1.69 bits per heavy atom. The van der Waals surface area contributed by atoms with E-state index < -0.39 is 5.56 Å². The average molecular weight is 430 g/mol. The van der Waals surface area contributed by atoms with E-state index in [0.29, 0.717) is 23.0 Å². The van der Waals surface area contributed by atoms with E-state index in [4.69, 9.17) is 4.74 Å². The minimum Gasteiger partial charge on any atom is -0.424 e. The third-order valence-corrected chi connectivity index (χ3v) is 5.54. The zero-order chi connectivity index (χ0) is 22.2. The molecule has 0 bridgehead atoms. The van der Waals surface area contributed by atoms with Crippen molar-refractivity contribution in [3.05, 3.63) is 99.2 Å². The van der Waals surface area contributed by atoms with Crippen LogP contribution in [0.1, 0.15) is 40.9 Å². The Kier molecular flexibility index (Phi) is 7.34. The minimum absolute atomic E-state index is 0.384. The molecule has 0 saturated carbocycles. The number of hydrogen-bond donors (Lipinski definition) is 2. The lowest BCUT2D eigenvalue weighted by Crippen LogP contribution is -2.28. The molecule has 0 unspecified atom stereocenters. The molecule has 1 aliphatic heterocycles. The van der Waals surface area contributed by atoms with Gasteiger partial charge in [0.1, 0.15) is 5.82 Å². The molecule has 4 rings (SSSR count). The summed E-state index contributed by atoms with van der Waals surface area (Å²) < 4.78 is 6.01. The first-order chi connectivity index (χ1) is 15.7. The van der Waals surface area contributed by atoms with E-state index in [-0.39, 0.29) is 0 Å². The van der Waals surface area contributed by atoms with Crippen LogP contribution in [0.3, 0.4) is 0 Å². The van der Waals surface area contributed by atoms with Crippen molar-refractivity contribution in [2.75, 3.05) is 13.2 Å². The molecule has 1 fully saturated rings. The van der Waals surface area contributed by atoms with Crippen LogP contribution in [-0.2, 0) is 24.1 Å². The van der Waals surface area contributed by atoms with Crippen molar-refractivity contribution in [2.24, 2.45) is 0 Å². The van der Waals surface area contributed by atoms with Crippen molar-refractivity contribution in [3.63, 3.8) is 0 Å². The fourth-order valence-electron chi connectivity index (χ4n) is 3.62. The lowest BCUT2D eigenvalue weighted by atomic mass is 10.1. The summed E-state index contributed by atoms with van der Waals surface area (Å²) in [6.45, 7) is 2.50. The molecule has 6 heteroatoms. The summed E-state index contributed by atoms with van der Waals surface area (Å²) in [5, 5.41) is 13.2. The molecule has 1 saturated heterocycles. The highest BCUT2D eigenvalue weighted by Crippen LogP contribution is 2.10. The lowest BCUT2D eigenvalue weighted by Gasteiger charge is -2.10. The SMILES string of the molecule is O=c1ccnc(CCCc2ccc(C#Cc3ccc(CN[C@H]4CCOC4)cc3)cc2)n1O. The summed E-state index contributed by atoms with van der Waals surface area (Å²) in [5.74, 6) is 6.82. The van der Waals surface area contributed by atoms with Gasteiger partial charge < -0.3 is 15.3 Å². The van der Waals surface area contributed by atoms with E-state index in [9.17, 15) is 10.0 Å². The highest BCUT2D eigenvalue weighted by molar-refractivity contribution is 5.44. The Morgan fingerprint density at radius 3 is 2.34 bits per heavy atom. The second-order valence-electron chi connectivity index (χ2n) is 7.95. The Labute approximate surface area is 187 Å². The van der Waals surface area contributed by atoms with Crippen LogP contribution < -0.4 is 10.9 Å². The number of ether oxygens (including phenoxy) is 1. The van der Waals surface area contributed by atoms with Gasteiger partial charge in [0.25, 0.3) is 5.56 Å². The van der Waals surface area contributed by atoms with Gasteiger partial charge in [-0.1, -0.05) is 36.1 Å². The second-order valence-corrected chi connectivity index (χ2v) is 7.95. The fraction of sp³-hybridized carbons (Fsp3) is 0.308. The molecule has 32 heavy (non-hydrogen) atoms. The van der Waals surface area contributed by atoms with Gasteiger partial charge >= 0.3 is 0 Å². The van der Waals surface area contributed by atoms with Crippen molar-refractivity contribution in [2.45, 2.75) is 38.3 Å². The Balaban J connectivity index is 1.26. The Bertz CT molecular complexity index is 1140. The van der Waals surface area contributed by atoms with Crippen LogP contribution in [0.15, 0.2) is 65.6 Å². The Hall–Kier alpha value is -3.40. The van der Waals surface area contributed by atoms with Crippen molar-refractivity contribution >= 4 is 0 Å². The summed E-state index contributed by atoms with van der Waals surface area (Å²) in [6, 6.07) is 18.2. The molecular formula is C26H27N3O3. The quantitative estimate of drug-likeness (QED) is 0.446. The van der Waals surface area contributed by atoms with Gasteiger partial charge in [-0.05, 0) is 54.7 Å². The molecule has 2 aromatic carbocycles. The molecule has 1 atom stereocenters. The number of nitrogens with one attached hydrogen (secondary N) is 1. The molecule has 1 aromatic heterocycles. The molecule has 164 valence electrons. The average Bonchev–Trinajstić information content (AvgIpc) is 3.34. The summed E-state index contributed by atoms with van der Waals surface area (Å²) in [5.41, 5.74) is 3.93. The van der Waals surface area contributed by atoms with Gasteiger partial charge in [0.15, 0.2) is 0 Å². The molecule has 2 N–H and O–H groups in total.